The van der Waals surface area contributed by atoms with Gasteiger partial charge in [0.25, 0.3) is 5.91 Å². The van der Waals surface area contributed by atoms with Crippen molar-refractivity contribution in [1.29, 1.82) is 0 Å². The Morgan fingerprint density at radius 1 is 1.14 bits per heavy atom. The first kappa shape index (κ1) is 14.9. The summed E-state index contributed by atoms with van der Waals surface area (Å²) in [4.78, 5) is 26.0. The van der Waals surface area contributed by atoms with Crippen LogP contribution < -0.4 is 10.6 Å². The molecule has 3 rings (SSSR count). The minimum absolute atomic E-state index is 0.247. The molecule has 1 heterocycles. The van der Waals surface area contributed by atoms with Crippen LogP contribution in [0.1, 0.15) is 15.9 Å². The Labute approximate surface area is 137 Å². The lowest BCUT2D eigenvalue weighted by Crippen LogP contribution is -2.46. The van der Waals surface area contributed by atoms with Crippen LogP contribution in [0.3, 0.4) is 0 Å². The highest BCUT2D eigenvalue weighted by molar-refractivity contribution is 6.36. The van der Waals surface area contributed by atoms with E-state index >= 15 is 0 Å². The fourth-order valence-electron chi connectivity index (χ4n) is 2.66. The van der Waals surface area contributed by atoms with E-state index in [1.807, 2.05) is 18.2 Å². The van der Waals surface area contributed by atoms with Gasteiger partial charge in [-0.3, -0.25) is 14.5 Å². The molecule has 0 fully saturated rings. The van der Waals surface area contributed by atoms with E-state index in [0.29, 0.717) is 17.1 Å². The quantitative estimate of drug-likeness (QED) is 0.917. The molecular formula is C16H12Cl2N2O2. The second-order valence-electron chi connectivity index (χ2n) is 5.05. The lowest BCUT2D eigenvalue weighted by molar-refractivity contribution is -0.119. The van der Waals surface area contributed by atoms with E-state index in [-0.39, 0.29) is 16.5 Å². The Morgan fingerprint density at radius 3 is 2.59 bits per heavy atom. The first-order valence-corrected chi connectivity index (χ1v) is 7.40. The zero-order chi connectivity index (χ0) is 15.9. The summed E-state index contributed by atoms with van der Waals surface area (Å²) in [5, 5.41) is 0.679. The van der Waals surface area contributed by atoms with Crippen molar-refractivity contribution in [3.63, 3.8) is 0 Å². The van der Waals surface area contributed by atoms with Gasteiger partial charge < -0.3 is 5.73 Å². The zero-order valence-electron chi connectivity index (χ0n) is 11.4. The normalized spacial score (nSPS) is 16.5. The molecule has 0 saturated carbocycles. The van der Waals surface area contributed by atoms with E-state index in [0.717, 1.165) is 5.56 Å². The van der Waals surface area contributed by atoms with Crippen molar-refractivity contribution in [3.05, 3.63) is 63.6 Å². The van der Waals surface area contributed by atoms with Gasteiger partial charge in [0.1, 0.15) is 6.04 Å². The van der Waals surface area contributed by atoms with E-state index < -0.39 is 11.9 Å². The molecule has 2 aromatic carbocycles. The standard InChI is InChI=1S/C16H12Cl2N2O2/c17-10-5-6-12(18)11(8-10)16(22)20-13-4-2-1-3-9(13)7-14(20)15(19)21/h1-6,8,14H,7H2,(H2,19,21). The zero-order valence-corrected chi connectivity index (χ0v) is 12.9. The topological polar surface area (TPSA) is 63.4 Å². The third kappa shape index (κ3) is 2.45. The van der Waals surface area contributed by atoms with E-state index in [1.165, 1.54) is 11.0 Å². The van der Waals surface area contributed by atoms with Gasteiger partial charge in [-0.05, 0) is 29.8 Å². The number of hydrogen-bond acceptors (Lipinski definition) is 2. The van der Waals surface area contributed by atoms with Gasteiger partial charge in [-0.2, -0.15) is 0 Å². The number of nitrogens with two attached hydrogens (primary N) is 1. The van der Waals surface area contributed by atoms with Crippen LogP contribution in [-0.2, 0) is 11.2 Å². The molecule has 1 aliphatic rings. The van der Waals surface area contributed by atoms with Crippen molar-refractivity contribution < 1.29 is 9.59 Å². The summed E-state index contributed by atoms with van der Waals surface area (Å²) in [6.07, 6.45) is 0.398. The first-order chi connectivity index (χ1) is 10.5. The van der Waals surface area contributed by atoms with Gasteiger partial charge in [-0.1, -0.05) is 41.4 Å². The molecule has 1 aliphatic heterocycles. The number of nitrogens with zero attached hydrogens (tertiary/aromatic N) is 1. The van der Waals surface area contributed by atoms with E-state index in [4.69, 9.17) is 28.9 Å². The molecule has 1 unspecified atom stereocenters. The highest BCUT2D eigenvalue weighted by Crippen LogP contribution is 2.34. The molecule has 2 amide bonds. The average Bonchev–Trinajstić information content (AvgIpc) is 2.88. The van der Waals surface area contributed by atoms with Crippen LogP contribution >= 0.6 is 23.2 Å². The Bertz CT molecular complexity index is 776. The van der Waals surface area contributed by atoms with Crippen molar-refractivity contribution >= 4 is 40.7 Å². The SMILES string of the molecule is NC(=O)C1Cc2ccccc2N1C(=O)c1cc(Cl)ccc1Cl. The molecule has 0 bridgehead atoms. The summed E-state index contributed by atoms with van der Waals surface area (Å²) in [5.41, 5.74) is 7.28. The number of amides is 2. The molecule has 0 aromatic heterocycles. The second kappa shape index (κ2) is 5.63. The minimum Gasteiger partial charge on any atom is -0.368 e. The van der Waals surface area contributed by atoms with E-state index in [2.05, 4.69) is 0 Å². The van der Waals surface area contributed by atoms with Crippen molar-refractivity contribution in [2.24, 2.45) is 5.73 Å². The number of fused-ring (bicyclic) bond motifs is 1. The Kier molecular flexibility index (Phi) is 3.81. The molecular weight excluding hydrogens is 323 g/mol. The molecule has 0 spiro atoms. The summed E-state index contributed by atoms with van der Waals surface area (Å²) in [6, 6.07) is 11.2. The van der Waals surface area contributed by atoms with Crippen LogP contribution in [0.15, 0.2) is 42.5 Å². The number of anilines is 1. The molecule has 2 aromatic rings. The second-order valence-corrected chi connectivity index (χ2v) is 5.89. The van der Waals surface area contributed by atoms with Gasteiger partial charge in [0.2, 0.25) is 5.91 Å². The lowest BCUT2D eigenvalue weighted by atomic mass is 10.1. The van der Waals surface area contributed by atoms with Gasteiger partial charge in [-0.25, -0.2) is 0 Å². The fourth-order valence-corrected chi connectivity index (χ4v) is 3.03. The van der Waals surface area contributed by atoms with Crippen LogP contribution in [0.2, 0.25) is 10.0 Å². The van der Waals surface area contributed by atoms with Crippen molar-refractivity contribution in [3.8, 4) is 0 Å². The smallest absolute Gasteiger partial charge is 0.260 e. The Morgan fingerprint density at radius 2 is 1.86 bits per heavy atom. The third-order valence-electron chi connectivity index (χ3n) is 3.68. The number of hydrogen-bond donors (Lipinski definition) is 1. The molecule has 0 aliphatic carbocycles. The predicted octanol–water partition coefficient (Wildman–Crippen LogP) is 3.05. The average molecular weight is 335 g/mol. The van der Waals surface area contributed by atoms with Crippen LogP contribution in [0.25, 0.3) is 0 Å². The number of carbonyl (C=O) groups is 2. The molecule has 1 atom stereocenters. The first-order valence-electron chi connectivity index (χ1n) is 6.65. The summed E-state index contributed by atoms with van der Waals surface area (Å²) in [7, 11) is 0. The number of benzene rings is 2. The van der Waals surface area contributed by atoms with Gasteiger partial charge in [-0.15, -0.1) is 0 Å². The maximum Gasteiger partial charge on any atom is 0.260 e. The van der Waals surface area contributed by atoms with Gasteiger partial charge in [0, 0.05) is 17.1 Å². The molecule has 112 valence electrons. The van der Waals surface area contributed by atoms with Crippen LogP contribution in [0.4, 0.5) is 5.69 Å². The fraction of sp³-hybridized carbons (Fsp3) is 0.125. The summed E-state index contributed by atoms with van der Waals surface area (Å²) >= 11 is 12.0. The molecule has 0 radical (unpaired) electrons. The van der Waals surface area contributed by atoms with Gasteiger partial charge in [0.05, 0.1) is 10.6 Å². The van der Waals surface area contributed by atoms with E-state index in [9.17, 15) is 9.59 Å². The van der Waals surface area contributed by atoms with Gasteiger partial charge in [0.15, 0.2) is 0 Å². The maximum absolute atomic E-state index is 12.9. The lowest BCUT2D eigenvalue weighted by Gasteiger charge is -2.24. The number of halogens is 2. The molecule has 6 heteroatoms. The summed E-state index contributed by atoms with van der Waals surface area (Å²) in [5.74, 6) is -0.941. The van der Waals surface area contributed by atoms with Crippen LogP contribution in [0, 0.1) is 0 Å². The molecule has 4 nitrogen and oxygen atoms in total. The highest BCUT2D eigenvalue weighted by atomic mass is 35.5. The van der Waals surface area contributed by atoms with Crippen molar-refractivity contribution in [2.45, 2.75) is 12.5 Å². The number of rotatable bonds is 2. The maximum atomic E-state index is 12.9. The number of para-hydroxylation sites is 1. The number of carbonyl (C=O) groups excluding carboxylic acids is 2. The van der Waals surface area contributed by atoms with Crippen LogP contribution in [0.5, 0.6) is 0 Å². The van der Waals surface area contributed by atoms with Crippen molar-refractivity contribution in [1.82, 2.24) is 0 Å². The minimum atomic E-state index is -0.722. The molecule has 2 N–H and O–H groups in total. The van der Waals surface area contributed by atoms with Crippen molar-refractivity contribution in [2.75, 3.05) is 4.90 Å². The van der Waals surface area contributed by atoms with E-state index in [1.54, 1.807) is 18.2 Å². The van der Waals surface area contributed by atoms with Gasteiger partial charge >= 0.3 is 0 Å². The third-order valence-corrected chi connectivity index (χ3v) is 4.25. The largest absolute Gasteiger partial charge is 0.368 e. The van der Waals surface area contributed by atoms with Crippen LogP contribution in [-0.4, -0.2) is 17.9 Å². The Balaban J connectivity index is 2.09. The predicted molar refractivity (Wildman–Crippen MR) is 86.4 cm³/mol. The summed E-state index contributed by atoms with van der Waals surface area (Å²) < 4.78 is 0. The highest BCUT2D eigenvalue weighted by Gasteiger charge is 2.38. The molecule has 0 saturated heterocycles. The molecule has 22 heavy (non-hydrogen) atoms. The number of primary amides is 1. The Hall–Kier alpha value is -2.04. The monoisotopic (exact) mass is 334 g/mol. The summed E-state index contributed by atoms with van der Waals surface area (Å²) in [6.45, 7) is 0.